The molecule has 0 aromatic heterocycles. The molecule has 5 nitrogen and oxygen atoms in total. The summed E-state index contributed by atoms with van der Waals surface area (Å²) in [7, 11) is 3.49. The van der Waals surface area contributed by atoms with Crippen LogP contribution in [0, 0.1) is 52.3 Å². The van der Waals surface area contributed by atoms with Crippen molar-refractivity contribution in [2.24, 2.45) is 52.3 Å². The lowest BCUT2D eigenvalue weighted by Crippen LogP contribution is -2.63. The third-order valence-corrected chi connectivity index (χ3v) is 11.7. The fourth-order valence-electron chi connectivity index (χ4n) is 10.2. The molecule has 5 unspecified atom stereocenters. The van der Waals surface area contributed by atoms with E-state index >= 15 is 0 Å². The van der Waals surface area contributed by atoms with Crippen LogP contribution in [0.3, 0.4) is 0 Å². The fourth-order valence-corrected chi connectivity index (χ4v) is 10.2. The standard InChI is InChI=1S/C30H54O5/c1-7-22-26-17-21(34-18-32-5)12-14-30(26,4)25-13-15-29(3)23(20(2)9-8-16-31)10-11-24(29)27(25)28(22)35-19-33-6/h20-28,31H,7-19H2,1-6H3/t20-,21-,22-,23-,24?,25?,26?,27?,28-,29-,30?/m1/s1. The van der Waals surface area contributed by atoms with Crippen molar-refractivity contribution in [2.75, 3.05) is 34.4 Å². The van der Waals surface area contributed by atoms with Crippen LogP contribution in [0.25, 0.3) is 0 Å². The van der Waals surface area contributed by atoms with E-state index < -0.39 is 0 Å². The highest BCUT2D eigenvalue weighted by molar-refractivity contribution is 5.14. The maximum atomic E-state index is 9.44. The maximum Gasteiger partial charge on any atom is 0.146 e. The number of ether oxygens (including phenoxy) is 4. The molecule has 0 saturated heterocycles. The van der Waals surface area contributed by atoms with Gasteiger partial charge in [-0.1, -0.05) is 34.1 Å². The number of hydrogen-bond acceptors (Lipinski definition) is 5. The molecule has 0 radical (unpaired) electrons. The highest BCUT2D eigenvalue weighted by Crippen LogP contribution is 2.70. The van der Waals surface area contributed by atoms with E-state index in [9.17, 15) is 5.11 Å². The van der Waals surface area contributed by atoms with Crippen LogP contribution in [0.2, 0.25) is 0 Å². The molecule has 4 aliphatic carbocycles. The normalized spacial score (nSPS) is 46.0. The molecular weight excluding hydrogens is 440 g/mol. The highest BCUT2D eigenvalue weighted by Gasteiger charge is 2.65. The van der Waals surface area contributed by atoms with Gasteiger partial charge in [-0.15, -0.1) is 0 Å². The summed E-state index contributed by atoms with van der Waals surface area (Å²) in [6, 6.07) is 0. The summed E-state index contributed by atoms with van der Waals surface area (Å²) in [4.78, 5) is 0. The predicted octanol–water partition coefficient (Wildman–Crippen LogP) is 6.28. The highest BCUT2D eigenvalue weighted by atomic mass is 16.7. The number of aliphatic hydroxyl groups excluding tert-OH is 1. The number of methoxy groups -OCH3 is 2. The van der Waals surface area contributed by atoms with Gasteiger partial charge in [0.1, 0.15) is 13.6 Å². The van der Waals surface area contributed by atoms with Crippen LogP contribution >= 0.6 is 0 Å². The molecule has 0 amide bonds. The second-order valence-corrected chi connectivity index (χ2v) is 13.1. The van der Waals surface area contributed by atoms with Gasteiger partial charge >= 0.3 is 0 Å². The second-order valence-electron chi connectivity index (χ2n) is 13.1. The van der Waals surface area contributed by atoms with E-state index in [1.807, 2.05) is 0 Å². The Hall–Kier alpha value is -0.200. The molecule has 4 rings (SSSR count). The summed E-state index contributed by atoms with van der Waals surface area (Å²) in [6.07, 6.45) is 12.8. The van der Waals surface area contributed by atoms with E-state index in [1.54, 1.807) is 14.2 Å². The zero-order valence-electron chi connectivity index (χ0n) is 23.5. The van der Waals surface area contributed by atoms with Crippen LogP contribution in [0.5, 0.6) is 0 Å². The summed E-state index contributed by atoms with van der Waals surface area (Å²) in [5, 5.41) is 9.44. The molecule has 11 atom stereocenters. The smallest absolute Gasteiger partial charge is 0.146 e. The minimum absolute atomic E-state index is 0.278. The molecule has 4 aliphatic rings. The monoisotopic (exact) mass is 494 g/mol. The first-order chi connectivity index (χ1) is 16.9. The average molecular weight is 495 g/mol. The van der Waals surface area contributed by atoms with Gasteiger partial charge < -0.3 is 24.1 Å². The van der Waals surface area contributed by atoms with Gasteiger partial charge in [-0.2, -0.15) is 0 Å². The first kappa shape index (κ1) is 27.8. The van der Waals surface area contributed by atoms with Gasteiger partial charge in [-0.25, -0.2) is 0 Å². The van der Waals surface area contributed by atoms with Gasteiger partial charge in [-0.05, 0) is 110 Å². The number of rotatable bonds is 11. The molecule has 4 saturated carbocycles. The summed E-state index contributed by atoms with van der Waals surface area (Å²) < 4.78 is 23.6. The van der Waals surface area contributed by atoms with Crippen LogP contribution in [-0.4, -0.2) is 51.7 Å². The number of aliphatic hydroxyl groups is 1. The van der Waals surface area contributed by atoms with Gasteiger partial charge in [0.2, 0.25) is 0 Å². The van der Waals surface area contributed by atoms with Gasteiger partial charge in [0, 0.05) is 20.8 Å². The van der Waals surface area contributed by atoms with Crippen molar-refractivity contribution in [1.29, 1.82) is 0 Å². The zero-order valence-corrected chi connectivity index (χ0v) is 23.5. The molecule has 0 bridgehead atoms. The lowest BCUT2D eigenvalue weighted by Gasteiger charge is -2.65. The molecule has 0 heterocycles. The Labute approximate surface area is 215 Å². The van der Waals surface area contributed by atoms with E-state index in [1.165, 1.54) is 32.1 Å². The number of hydrogen-bond donors (Lipinski definition) is 1. The van der Waals surface area contributed by atoms with Crippen LogP contribution in [0.15, 0.2) is 0 Å². The molecule has 204 valence electrons. The summed E-state index contributed by atoms with van der Waals surface area (Å²) in [6.45, 7) is 11.2. The van der Waals surface area contributed by atoms with E-state index in [0.717, 1.165) is 49.9 Å². The zero-order chi connectivity index (χ0) is 25.2. The first-order valence-electron chi connectivity index (χ1n) is 14.7. The largest absolute Gasteiger partial charge is 0.396 e. The third-order valence-electron chi connectivity index (χ3n) is 11.7. The Bertz CT molecular complexity index is 671. The van der Waals surface area contributed by atoms with E-state index in [0.29, 0.717) is 60.8 Å². The van der Waals surface area contributed by atoms with Gasteiger partial charge in [0.25, 0.3) is 0 Å². The van der Waals surface area contributed by atoms with Gasteiger partial charge in [-0.3, -0.25) is 0 Å². The van der Waals surface area contributed by atoms with Crippen molar-refractivity contribution in [3.05, 3.63) is 0 Å². The molecule has 5 heteroatoms. The van der Waals surface area contributed by atoms with Crippen molar-refractivity contribution in [2.45, 2.75) is 104 Å². The number of fused-ring (bicyclic) bond motifs is 5. The molecule has 1 N–H and O–H groups in total. The van der Waals surface area contributed by atoms with E-state index in [4.69, 9.17) is 18.9 Å². The minimum Gasteiger partial charge on any atom is -0.396 e. The molecule has 35 heavy (non-hydrogen) atoms. The lowest BCUT2D eigenvalue weighted by atomic mass is 9.41. The summed E-state index contributed by atoms with van der Waals surface area (Å²) in [5.74, 6) is 4.74. The van der Waals surface area contributed by atoms with Crippen LogP contribution in [0.1, 0.15) is 91.9 Å². The second kappa shape index (κ2) is 11.7. The van der Waals surface area contributed by atoms with E-state index in [2.05, 4.69) is 27.7 Å². The Morgan fingerprint density at radius 3 is 2.26 bits per heavy atom. The van der Waals surface area contributed by atoms with Crippen molar-refractivity contribution >= 4 is 0 Å². The summed E-state index contributed by atoms with van der Waals surface area (Å²) >= 11 is 0. The van der Waals surface area contributed by atoms with Crippen molar-refractivity contribution < 1.29 is 24.1 Å². The Balaban J connectivity index is 1.64. The molecule has 0 aliphatic heterocycles. The molecule has 0 spiro atoms. The van der Waals surface area contributed by atoms with Crippen LogP contribution in [-0.2, 0) is 18.9 Å². The Morgan fingerprint density at radius 2 is 1.57 bits per heavy atom. The fraction of sp³-hybridized carbons (Fsp3) is 1.00. The lowest BCUT2D eigenvalue weighted by molar-refractivity contribution is -0.239. The molecular formula is C30H54O5. The average Bonchev–Trinajstić information content (AvgIpc) is 3.21. The Morgan fingerprint density at radius 1 is 0.886 bits per heavy atom. The summed E-state index contributed by atoms with van der Waals surface area (Å²) in [5.41, 5.74) is 0.762. The van der Waals surface area contributed by atoms with Crippen molar-refractivity contribution in [3.8, 4) is 0 Å². The first-order valence-corrected chi connectivity index (χ1v) is 14.7. The van der Waals surface area contributed by atoms with Gasteiger partial charge in [0.15, 0.2) is 0 Å². The molecule has 0 aromatic rings. The predicted molar refractivity (Wildman–Crippen MR) is 139 cm³/mol. The minimum atomic E-state index is 0.278. The molecule has 4 fully saturated rings. The third kappa shape index (κ3) is 4.99. The van der Waals surface area contributed by atoms with Gasteiger partial charge in [0.05, 0.1) is 12.2 Å². The Kier molecular flexibility index (Phi) is 9.28. The quantitative estimate of drug-likeness (QED) is 0.343. The van der Waals surface area contributed by atoms with E-state index in [-0.39, 0.29) is 6.10 Å². The van der Waals surface area contributed by atoms with Crippen molar-refractivity contribution in [1.82, 2.24) is 0 Å². The van der Waals surface area contributed by atoms with Crippen LogP contribution in [0.4, 0.5) is 0 Å². The SMILES string of the molecule is CC[C@@H]1C2C[C@H](OCOC)CCC2(C)C2CC[C@@]3(C)C(CC[C@@H]3[C@H](C)CCCO)C2[C@@H]1OCOC. The van der Waals surface area contributed by atoms with Crippen LogP contribution < -0.4 is 0 Å². The topological polar surface area (TPSA) is 57.2 Å². The van der Waals surface area contributed by atoms with Crippen molar-refractivity contribution in [3.63, 3.8) is 0 Å². The maximum absolute atomic E-state index is 9.44. The molecule has 0 aromatic carbocycles.